The molecule has 0 bridgehead atoms. The molecule has 0 aliphatic carbocycles. The van der Waals surface area contributed by atoms with Crippen molar-refractivity contribution in [3.63, 3.8) is 0 Å². The molecule has 4 rings (SSSR count). The number of hydrogen-bond donors (Lipinski definition) is 3. The van der Waals surface area contributed by atoms with Crippen LogP contribution in [0.3, 0.4) is 0 Å². The Labute approximate surface area is 230 Å². The van der Waals surface area contributed by atoms with Gasteiger partial charge < -0.3 is 30.5 Å². The van der Waals surface area contributed by atoms with Crippen LogP contribution in [0.25, 0.3) is 0 Å². The Bertz CT molecular complexity index is 1200. The van der Waals surface area contributed by atoms with Crippen LogP contribution in [0, 0.1) is 5.92 Å². The molecule has 16 heteroatoms. The fraction of sp³-hybridized carbons (Fsp3) is 0.458. The molecule has 2 aromatic rings. The van der Waals surface area contributed by atoms with E-state index in [4.69, 9.17) is 25.1 Å². The molecule has 218 valence electrons. The molecule has 4 N–H and O–H groups in total. The lowest BCUT2D eigenvalue weighted by molar-refractivity contribution is -0.192. The molecule has 12 nitrogen and oxygen atoms in total. The number of ether oxygens (including phenoxy) is 2. The topological polar surface area (TPSA) is 164 Å². The molecule has 2 amide bonds. The summed E-state index contributed by atoms with van der Waals surface area (Å²) in [4.78, 5) is 53.4. The fourth-order valence-electron chi connectivity index (χ4n) is 4.00. The lowest BCUT2D eigenvalue weighted by Crippen LogP contribution is -2.37. The number of amides is 2. The molecule has 2 saturated heterocycles. The van der Waals surface area contributed by atoms with E-state index >= 15 is 0 Å². The van der Waals surface area contributed by atoms with E-state index in [0.717, 1.165) is 48.6 Å². The van der Waals surface area contributed by atoms with Gasteiger partial charge in [0.2, 0.25) is 0 Å². The number of anilines is 3. The fourth-order valence-corrected chi connectivity index (χ4v) is 4.60. The summed E-state index contributed by atoms with van der Waals surface area (Å²) < 4.78 is 42.3. The minimum absolute atomic E-state index is 0.0364. The first-order valence-electron chi connectivity index (χ1n) is 12.2. The number of aliphatic carboxylic acids is 1. The van der Waals surface area contributed by atoms with E-state index in [1.54, 1.807) is 4.90 Å². The van der Waals surface area contributed by atoms with Crippen LogP contribution in [0.5, 0.6) is 0 Å². The predicted molar refractivity (Wildman–Crippen MR) is 138 cm³/mol. The molecule has 0 spiro atoms. The summed E-state index contributed by atoms with van der Waals surface area (Å²) in [6.45, 7) is 4.33. The third-order valence-corrected chi connectivity index (χ3v) is 6.82. The summed E-state index contributed by atoms with van der Waals surface area (Å²) in [6, 6.07) is 7.71. The molecule has 1 atom stereocenters. The van der Waals surface area contributed by atoms with Gasteiger partial charge in [-0.15, -0.1) is 0 Å². The van der Waals surface area contributed by atoms with E-state index < -0.39 is 24.3 Å². The van der Waals surface area contributed by atoms with E-state index in [1.165, 1.54) is 6.20 Å². The summed E-state index contributed by atoms with van der Waals surface area (Å²) in [5.41, 5.74) is 7.33. The zero-order chi connectivity index (χ0) is 29.4. The average Bonchev–Trinajstić information content (AvgIpc) is 3.52. The number of nitrogens with two attached hydrogens (primary N) is 1. The van der Waals surface area contributed by atoms with Crippen LogP contribution in [0.1, 0.15) is 29.4 Å². The van der Waals surface area contributed by atoms with Crippen LogP contribution in [0.15, 0.2) is 30.5 Å². The number of carbonyl (C=O) groups is 4. The number of thiazole rings is 1. The maximum absolute atomic E-state index is 12.4. The normalized spacial score (nSPS) is 17.5. The number of alkyl halides is 3. The number of nitrogen functional groups attached to an aromatic ring is 1. The number of rotatable bonds is 7. The Kier molecular flexibility index (Phi) is 10.1. The van der Waals surface area contributed by atoms with Gasteiger partial charge in [-0.3, -0.25) is 14.5 Å². The quantitative estimate of drug-likeness (QED) is 0.410. The monoisotopic (exact) mass is 587 g/mol. The van der Waals surface area contributed by atoms with Crippen molar-refractivity contribution in [2.45, 2.75) is 32.0 Å². The van der Waals surface area contributed by atoms with Crippen LogP contribution in [-0.2, 0) is 19.1 Å². The minimum Gasteiger partial charge on any atom is -0.475 e. The average molecular weight is 588 g/mol. The van der Waals surface area contributed by atoms with Crippen molar-refractivity contribution in [2.75, 3.05) is 48.3 Å². The number of esters is 1. The van der Waals surface area contributed by atoms with Crippen LogP contribution in [0.2, 0.25) is 0 Å². The standard InChI is InChI=1S/C22H27N5O5S.C2HF3O2/c1-2-31-20(29)14-7-9-26(10-8-14)15-3-5-16(6-4-15)27-13-17(32-22(27)30)11-24-19(28)18-12-25-21(23)33-18;3-2(4,5)1(6)7/h3-6,12,14,17H,2,7-11,13H2,1H3,(H2,23,25)(H,24,28);(H,6,7)/t17-;/m0./s1. The third-order valence-electron chi connectivity index (χ3n) is 6.00. The van der Waals surface area contributed by atoms with Gasteiger partial charge in [0.1, 0.15) is 11.0 Å². The van der Waals surface area contributed by atoms with Crippen molar-refractivity contribution in [1.82, 2.24) is 10.3 Å². The second-order valence-electron chi connectivity index (χ2n) is 8.72. The van der Waals surface area contributed by atoms with Gasteiger partial charge in [-0.05, 0) is 44.0 Å². The maximum atomic E-state index is 12.4. The Hall–Kier alpha value is -4.08. The van der Waals surface area contributed by atoms with E-state index in [2.05, 4.69) is 15.2 Å². The summed E-state index contributed by atoms with van der Waals surface area (Å²) in [7, 11) is 0. The van der Waals surface area contributed by atoms with Crippen molar-refractivity contribution < 1.29 is 46.9 Å². The Balaban J connectivity index is 0.000000559. The first-order valence-corrected chi connectivity index (χ1v) is 13.0. The van der Waals surface area contributed by atoms with E-state index in [9.17, 15) is 27.6 Å². The number of nitrogens with zero attached hydrogens (tertiary/aromatic N) is 3. The summed E-state index contributed by atoms with van der Waals surface area (Å²) in [6.07, 6.45) is -3.03. The van der Waals surface area contributed by atoms with Crippen LogP contribution in [0.4, 0.5) is 34.5 Å². The van der Waals surface area contributed by atoms with E-state index in [1.807, 2.05) is 31.2 Å². The Morgan fingerprint density at radius 2 is 1.80 bits per heavy atom. The number of hydrogen-bond acceptors (Lipinski definition) is 10. The molecule has 2 aliphatic rings. The highest BCUT2D eigenvalue weighted by atomic mass is 32.1. The van der Waals surface area contributed by atoms with E-state index in [0.29, 0.717) is 23.2 Å². The highest BCUT2D eigenvalue weighted by Gasteiger charge is 2.38. The van der Waals surface area contributed by atoms with Gasteiger partial charge in [0.05, 0.1) is 31.8 Å². The SMILES string of the molecule is CCOC(=O)C1CCN(c2ccc(N3C[C@H](CNC(=O)c4cnc(N)s4)OC3=O)cc2)CC1.O=C(O)C(F)(F)F. The Morgan fingerprint density at radius 1 is 1.20 bits per heavy atom. The number of piperidine rings is 1. The summed E-state index contributed by atoms with van der Waals surface area (Å²) in [5.74, 6) is -3.20. The highest BCUT2D eigenvalue weighted by Crippen LogP contribution is 2.28. The maximum Gasteiger partial charge on any atom is 0.490 e. The largest absolute Gasteiger partial charge is 0.490 e. The van der Waals surface area contributed by atoms with Gasteiger partial charge >= 0.3 is 24.2 Å². The summed E-state index contributed by atoms with van der Waals surface area (Å²) >= 11 is 1.10. The van der Waals surface area contributed by atoms with Gasteiger partial charge in [0, 0.05) is 24.5 Å². The molecule has 1 aromatic heterocycles. The van der Waals surface area contributed by atoms with Crippen molar-refractivity contribution in [2.24, 2.45) is 5.92 Å². The number of cyclic esters (lactones) is 1. The summed E-state index contributed by atoms with van der Waals surface area (Å²) in [5, 5.41) is 10.2. The lowest BCUT2D eigenvalue weighted by Gasteiger charge is -2.32. The number of halogens is 3. The minimum atomic E-state index is -5.08. The highest BCUT2D eigenvalue weighted by molar-refractivity contribution is 7.17. The van der Waals surface area contributed by atoms with Gasteiger partial charge in [-0.2, -0.15) is 13.2 Å². The third kappa shape index (κ3) is 8.21. The van der Waals surface area contributed by atoms with Crippen molar-refractivity contribution in [3.8, 4) is 0 Å². The van der Waals surface area contributed by atoms with Crippen LogP contribution >= 0.6 is 11.3 Å². The van der Waals surface area contributed by atoms with E-state index in [-0.39, 0.29) is 24.3 Å². The van der Waals surface area contributed by atoms with Gasteiger partial charge in [0.15, 0.2) is 5.13 Å². The van der Waals surface area contributed by atoms with Crippen LogP contribution in [-0.4, -0.2) is 79.1 Å². The molecule has 0 unspecified atom stereocenters. The number of nitrogens with one attached hydrogen (secondary N) is 1. The van der Waals surface area contributed by atoms with Crippen molar-refractivity contribution in [3.05, 3.63) is 35.3 Å². The molecule has 2 fully saturated rings. The molecular weight excluding hydrogens is 559 g/mol. The zero-order valence-electron chi connectivity index (χ0n) is 21.3. The molecule has 0 saturated carbocycles. The number of aromatic nitrogens is 1. The number of carboxylic acids is 1. The second kappa shape index (κ2) is 13.3. The number of benzene rings is 1. The number of carboxylic acid groups (broad SMARTS) is 1. The molecule has 1 aromatic carbocycles. The first-order chi connectivity index (χ1) is 18.9. The first kappa shape index (κ1) is 30.5. The van der Waals surface area contributed by atoms with Gasteiger partial charge in [-0.1, -0.05) is 11.3 Å². The zero-order valence-corrected chi connectivity index (χ0v) is 22.2. The molecule has 40 heavy (non-hydrogen) atoms. The number of carbonyl (C=O) groups excluding carboxylic acids is 3. The molecule has 0 radical (unpaired) electrons. The van der Waals surface area contributed by atoms with Gasteiger partial charge in [0.25, 0.3) is 5.91 Å². The Morgan fingerprint density at radius 3 is 2.33 bits per heavy atom. The molecule has 2 aliphatic heterocycles. The smallest absolute Gasteiger partial charge is 0.475 e. The second-order valence-corrected chi connectivity index (χ2v) is 9.78. The van der Waals surface area contributed by atoms with Gasteiger partial charge in [-0.25, -0.2) is 14.6 Å². The molecular formula is C24H28F3N5O7S. The van der Waals surface area contributed by atoms with Crippen LogP contribution < -0.4 is 20.9 Å². The molecule has 3 heterocycles. The van der Waals surface area contributed by atoms with Crippen molar-refractivity contribution >= 4 is 51.8 Å². The lowest BCUT2D eigenvalue weighted by atomic mass is 9.96. The predicted octanol–water partition coefficient (Wildman–Crippen LogP) is 2.89. The van der Waals surface area contributed by atoms with Crippen molar-refractivity contribution in [1.29, 1.82) is 0 Å².